The molecule has 0 saturated carbocycles. The lowest BCUT2D eigenvalue weighted by Crippen LogP contribution is -2.06. The van der Waals surface area contributed by atoms with E-state index in [2.05, 4.69) is 0 Å². The summed E-state index contributed by atoms with van der Waals surface area (Å²) >= 11 is 0. The van der Waals surface area contributed by atoms with Gasteiger partial charge in [-0.3, -0.25) is 0 Å². The van der Waals surface area contributed by atoms with Gasteiger partial charge in [0.1, 0.15) is 0 Å². The summed E-state index contributed by atoms with van der Waals surface area (Å²) in [4.78, 5) is 0. The zero-order valence-electron chi connectivity index (χ0n) is 5.15. The number of rotatable bonds is 0. The van der Waals surface area contributed by atoms with E-state index in [1.807, 2.05) is 27.7 Å². The zero-order chi connectivity index (χ0) is 5.58. The highest BCUT2D eigenvalue weighted by molar-refractivity contribution is 4.32. The van der Waals surface area contributed by atoms with Crippen molar-refractivity contribution in [3.63, 3.8) is 0 Å². The van der Waals surface area contributed by atoms with Crippen LogP contribution >= 0.6 is 0 Å². The van der Waals surface area contributed by atoms with Crippen molar-refractivity contribution >= 4 is 0 Å². The molecule has 2 N–H and O–H groups in total. The van der Waals surface area contributed by atoms with E-state index in [4.69, 9.17) is 5.73 Å². The summed E-state index contributed by atoms with van der Waals surface area (Å²) in [6.07, 6.45) is 0. The molecule has 0 aromatic carbocycles. The van der Waals surface area contributed by atoms with Crippen molar-refractivity contribution in [1.29, 1.82) is 0 Å². The topological polar surface area (TPSA) is 26.0 Å². The molecule has 0 aliphatic heterocycles. The molecule has 42 valence electrons. The van der Waals surface area contributed by atoms with Crippen molar-refractivity contribution in [2.24, 2.45) is 5.73 Å². The Morgan fingerprint density at radius 1 is 1.33 bits per heavy atom. The molecule has 0 heterocycles. The van der Waals surface area contributed by atoms with Gasteiger partial charge < -0.3 is 5.73 Å². The molecule has 0 amide bonds. The minimum Gasteiger partial charge on any atom is -0.328 e. The van der Waals surface area contributed by atoms with Crippen molar-refractivity contribution in [2.45, 2.75) is 33.7 Å². The predicted molar refractivity (Wildman–Crippen MR) is 32.8 cm³/mol. The maximum absolute atomic E-state index is 5.11. The maximum atomic E-state index is 5.11. The summed E-state index contributed by atoms with van der Waals surface area (Å²) in [5, 5.41) is 0. The Labute approximate surface area is 42.0 Å². The monoisotopic (exact) mass is 91.1 g/mol. The highest BCUT2D eigenvalue weighted by atomic mass is 14.6. The third-order valence-electron chi connectivity index (χ3n) is 0. The number of nitrogens with two attached hydrogens (primary N) is 1. The second-order valence-corrected chi connectivity index (χ2v) is 1.24. The fourth-order valence-electron chi connectivity index (χ4n) is 0. The highest BCUT2D eigenvalue weighted by Gasteiger charge is 1.67. The van der Waals surface area contributed by atoms with Gasteiger partial charge in [-0.25, -0.2) is 0 Å². The molecule has 0 unspecified atom stereocenters. The molecule has 0 aliphatic carbocycles. The van der Waals surface area contributed by atoms with Crippen LogP contribution < -0.4 is 5.73 Å². The molecule has 0 saturated heterocycles. The second-order valence-electron chi connectivity index (χ2n) is 1.24. The van der Waals surface area contributed by atoms with E-state index in [-0.39, 0.29) is 1.43 Å². The molecule has 0 bridgehead atoms. The quantitative estimate of drug-likeness (QED) is 0.481. The molecule has 0 spiro atoms. The summed E-state index contributed by atoms with van der Waals surface area (Å²) in [6.45, 7) is 7.89. The van der Waals surface area contributed by atoms with Crippen LogP contribution in [0.25, 0.3) is 0 Å². The van der Waals surface area contributed by atoms with Gasteiger partial charge in [-0.2, -0.15) is 0 Å². The average molecular weight is 91.2 g/mol. The summed E-state index contributed by atoms with van der Waals surface area (Å²) in [5.41, 5.74) is 5.11. The van der Waals surface area contributed by atoms with Crippen LogP contribution in [0.4, 0.5) is 0 Å². The Balaban J connectivity index is -0.0000000480. The van der Waals surface area contributed by atoms with Gasteiger partial charge in [0.25, 0.3) is 0 Å². The van der Waals surface area contributed by atoms with Crippen LogP contribution in [0.3, 0.4) is 0 Å². The lowest BCUT2D eigenvalue weighted by atomic mass is 10.5. The fraction of sp³-hybridized carbons (Fsp3) is 1.00. The standard InChI is InChI=1S/C3H9N.C2H6.H2/c1-3(2)4;1-2;/h3H,4H2,1-2H3;1-2H3;1H. The Morgan fingerprint density at radius 3 is 1.33 bits per heavy atom. The summed E-state index contributed by atoms with van der Waals surface area (Å²) in [6, 6.07) is 0.333. The third kappa shape index (κ3) is 21700. The minimum atomic E-state index is 0. The van der Waals surface area contributed by atoms with E-state index in [1.54, 1.807) is 0 Å². The summed E-state index contributed by atoms with van der Waals surface area (Å²) < 4.78 is 0. The Morgan fingerprint density at radius 2 is 1.33 bits per heavy atom. The van der Waals surface area contributed by atoms with Gasteiger partial charge in [0.15, 0.2) is 0 Å². The van der Waals surface area contributed by atoms with Crippen molar-refractivity contribution in [3.8, 4) is 0 Å². The predicted octanol–water partition coefficient (Wildman–Crippen LogP) is 1.63. The van der Waals surface area contributed by atoms with E-state index < -0.39 is 0 Å². The van der Waals surface area contributed by atoms with Crippen molar-refractivity contribution in [2.75, 3.05) is 0 Å². The van der Waals surface area contributed by atoms with E-state index in [9.17, 15) is 0 Å². The Bertz CT molecular complexity index is 12.8. The van der Waals surface area contributed by atoms with Crippen molar-refractivity contribution in [3.05, 3.63) is 0 Å². The molecule has 1 heteroatoms. The first-order chi connectivity index (χ1) is 2.73. The minimum absolute atomic E-state index is 0. The second kappa shape index (κ2) is 8.88. The van der Waals surface area contributed by atoms with Crippen LogP contribution in [0.5, 0.6) is 0 Å². The van der Waals surface area contributed by atoms with Gasteiger partial charge in [0.2, 0.25) is 0 Å². The SMILES string of the molecule is CC.CC(C)N.[HH]. The lowest BCUT2D eigenvalue weighted by Gasteiger charge is -1.81. The van der Waals surface area contributed by atoms with Crippen LogP contribution in [-0.2, 0) is 0 Å². The first kappa shape index (κ1) is 9.35. The largest absolute Gasteiger partial charge is 0.328 e. The molecule has 0 aromatic heterocycles. The first-order valence-electron chi connectivity index (χ1n) is 2.49. The first-order valence-corrected chi connectivity index (χ1v) is 2.49. The molecular formula is C5H17N. The van der Waals surface area contributed by atoms with Crippen molar-refractivity contribution in [1.82, 2.24) is 0 Å². The molecule has 0 atom stereocenters. The normalized spacial score (nSPS) is 7.00. The van der Waals surface area contributed by atoms with Crippen LogP contribution in [-0.4, -0.2) is 6.04 Å². The van der Waals surface area contributed by atoms with E-state index >= 15 is 0 Å². The molecular weight excluding hydrogens is 74.1 g/mol. The van der Waals surface area contributed by atoms with E-state index in [0.717, 1.165) is 0 Å². The van der Waals surface area contributed by atoms with Crippen LogP contribution in [0.15, 0.2) is 0 Å². The summed E-state index contributed by atoms with van der Waals surface area (Å²) in [7, 11) is 0. The molecule has 0 fully saturated rings. The van der Waals surface area contributed by atoms with Gasteiger partial charge in [0, 0.05) is 1.43 Å². The van der Waals surface area contributed by atoms with Gasteiger partial charge in [-0.1, -0.05) is 27.7 Å². The van der Waals surface area contributed by atoms with E-state index in [1.165, 1.54) is 0 Å². The molecule has 1 nitrogen and oxygen atoms in total. The smallest absolute Gasteiger partial charge is 0 e. The average Bonchev–Trinajstić information content (AvgIpc) is 1.41. The molecule has 6 heavy (non-hydrogen) atoms. The molecule has 0 rings (SSSR count). The van der Waals surface area contributed by atoms with Crippen LogP contribution in [0.2, 0.25) is 0 Å². The Hall–Kier alpha value is -0.0400. The lowest BCUT2D eigenvalue weighted by molar-refractivity contribution is 0.834. The van der Waals surface area contributed by atoms with Gasteiger partial charge >= 0.3 is 0 Å². The fourth-order valence-corrected chi connectivity index (χ4v) is 0. The van der Waals surface area contributed by atoms with Crippen LogP contribution in [0.1, 0.15) is 29.1 Å². The van der Waals surface area contributed by atoms with E-state index in [0.29, 0.717) is 6.04 Å². The van der Waals surface area contributed by atoms with Gasteiger partial charge in [-0.15, -0.1) is 0 Å². The third-order valence-corrected chi connectivity index (χ3v) is 0. The summed E-state index contributed by atoms with van der Waals surface area (Å²) in [5.74, 6) is 0. The Kier molecular flexibility index (Phi) is 13.8. The molecule has 0 aliphatic rings. The highest BCUT2D eigenvalue weighted by Crippen LogP contribution is 1.58. The van der Waals surface area contributed by atoms with Gasteiger partial charge in [-0.05, 0) is 6.04 Å². The molecule has 0 radical (unpaired) electrons. The zero-order valence-corrected chi connectivity index (χ0v) is 5.15. The van der Waals surface area contributed by atoms with Crippen LogP contribution in [0, 0.1) is 0 Å². The van der Waals surface area contributed by atoms with Gasteiger partial charge in [0.05, 0.1) is 0 Å². The number of hydrogen-bond acceptors (Lipinski definition) is 1. The number of hydrogen-bond donors (Lipinski definition) is 1. The van der Waals surface area contributed by atoms with Crippen molar-refractivity contribution < 1.29 is 1.43 Å². The maximum Gasteiger partial charge on any atom is 0 e. The molecule has 0 aromatic rings.